The van der Waals surface area contributed by atoms with Crippen molar-refractivity contribution in [3.63, 3.8) is 0 Å². The molecule has 2 unspecified atom stereocenters. The summed E-state index contributed by atoms with van der Waals surface area (Å²) in [4.78, 5) is 35.8. The van der Waals surface area contributed by atoms with Crippen molar-refractivity contribution in [2.75, 3.05) is 11.9 Å². The van der Waals surface area contributed by atoms with Crippen LogP contribution in [0.25, 0.3) is 11.2 Å². The molecule has 0 aliphatic carbocycles. The van der Waals surface area contributed by atoms with Crippen LogP contribution in [0.3, 0.4) is 0 Å². The van der Waals surface area contributed by atoms with Gasteiger partial charge >= 0.3 is 182 Å². The molecule has 4 rings (SSSR count). The summed E-state index contributed by atoms with van der Waals surface area (Å²) >= 11 is 4.91. The van der Waals surface area contributed by atoms with E-state index in [2.05, 4.69) is 20.3 Å². The second-order valence-corrected chi connectivity index (χ2v) is 8.62. The molecule has 0 radical (unpaired) electrons. The second-order valence-electron chi connectivity index (χ2n) is 6.61. The van der Waals surface area contributed by atoms with Crippen molar-refractivity contribution < 1.29 is 21.8 Å². The monoisotopic (exact) mass is 656 g/mol. The molecule has 1 amide bonds. The van der Waals surface area contributed by atoms with Crippen molar-refractivity contribution >= 4 is 68.6 Å². The van der Waals surface area contributed by atoms with Gasteiger partial charge in [0.05, 0.1) is 0 Å². The summed E-state index contributed by atoms with van der Waals surface area (Å²) in [5.74, 6) is -0.522. The van der Waals surface area contributed by atoms with Gasteiger partial charge in [0.25, 0.3) is 0 Å². The molecule has 31 heavy (non-hydrogen) atoms. The molecular formula is C17H17N5O6PSTl. The Kier molecular flexibility index (Phi) is 6.83. The fraction of sp³-hybridized carbons (Fsp3) is 0.294. The molecule has 5 atom stereocenters. The molecule has 1 aliphatic heterocycles. The third-order valence-electron chi connectivity index (χ3n) is 4.75. The topological polar surface area (TPSA) is 141 Å². The minimum absolute atomic E-state index is 0.00523. The normalized spacial score (nSPS) is 24.7. The zero-order valence-corrected chi connectivity index (χ0v) is 22.1. The molecule has 3 heterocycles. The van der Waals surface area contributed by atoms with E-state index >= 15 is 0 Å². The number of nitrogens with zero attached hydrogens (tertiary/aromatic N) is 3. The van der Waals surface area contributed by atoms with E-state index in [9.17, 15) is 14.7 Å². The number of benzene rings is 1. The molecule has 160 valence electrons. The van der Waals surface area contributed by atoms with Crippen LogP contribution in [0.15, 0.2) is 41.5 Å². The number of ether oxygens (including phenoxy) is 1. The summed E-state index contributed by atoms with van der Waals surface area (Å²) in [6.45, 7) is 0.00523. The van der Waals surface area contributed by atoms with Crippen LogP contribution < -0.4 is 10.9 Å². The number of anilines is 1. The first-order chi connectivity index (χ1) is 15.4. The van der Waals surface area contributed by atoms with E-state index in [0.717, 1.165) is 0 Å². The van der Waals surface area contributed by atoms with Gasteiger partial charge in [0.2, 0.25) is 0 Å². The van der Waals surface area contributed by atoms with E-state index in [-0.39, 0.29) is 49.9 Å². The fourth-order valence-electron chi connectivity index (χ4n) is 3.31. The molecule has 14 heteroatoms. The zero-order chi connectivity index (χ0) is 22.8. The number of carbonyl (C=O) groups excluding carboxylic acids is 1. The SMILES string of the molecule is [2H][PH](=S)OC[C@H]1O[C@@H](n2cnc3c(=O)[nH]c(NC(=O)c4ccccc4)nc32)[C@@H](O)C1[O][Tl]. The molecule has 1 aromatic carbocycles. The van der Waals surface area contributed by atoms with Gasteiger partial charge in [-0.2, -0.15) is 0 Å². The summed E-state index contributed by atoms with van der Waals surface area (Å²) in [5, 5.41) is 13.3. The van der Waals surface area contributed by atoms with Crippen molar-refractivity contribution in [3.05, 3.63) is 52.6 Å². The Hall–Kier alpha value is -1.55. The first kappa shape index (κ1) is 21.3. The average Bonchev–Trinajstić information content (AvgIpc) is 3.33. The van der Waals surface area contributed by atoms with E-state index < -0.39 is 43.5 Å². The number of hydrogen-bond donors (Lipinski definition) is 3. The Morgan fingerprint density at radius 2 is 2.26 bits per heavy atom. The van der Waals surface area contributed by atoms with Crippen LogP contribution in [0.2, 0.25) is 0 Å². The average molecular weight is 656 g/mol. The third-order valence-corrected chi connectivity index (χ3v) is 6.61. The third kappa shape index (κ3) is 4.65. The number of H-pyrrole nitrogens is 1. The summed E-state index contributed by atoms with van der Waals surface area (Å²) in [5.41, 5.74) is -0.0308. The van der Waals surface area contributed by atoms with Crippen molar-refractivity contribution in [2.45, 2.75) is 24.5 Å². The Bertz CT molecular complexity index is 1210. The van der Waals surface area contributed by atoms with Crippen molar-refractivity contribution in [2.24, 2.45) is 0 Å². The first-order valence-electron chi connectivity index (χ1n) is 9.54. The fourth-order valence-corrected chi connectivity index (χ4v) is 5.05. The molecule has 0 bridgehead atoms. The van der Waals surface area contributed by atoms with Crippen LogP contribution in [0.4, 0.5) is 5.95 Å². The van der Waals surface area contributed by atoms with Gasteiger partial charge in [-0.05, 0) is 0 Å². The molecule has 0 saturated carbocycles. The number of fused-ring (bicyclic) bond motifs is 1. The van der Waals surface area contributed by atoms with Gasteiger partial charge in [-0.15, -0.1) is 0 Å². The Balaban J connectivity index is 1.64. The van der Waals surface area contributed by atoms with Gasteiger partial charge in [-0.3, -0.25) is 0 Å². The number of aromatic nitrogens is 4. The maximum atomic E-state index is 12.5. The number of hydrogen-bond acceptors (Lipinski definition) is 9. The number of rotatable bonds is 7. The number of aliphatic hydroxyl groups excluding tert-OH is 1. The van der Waals surface area contributed by atoms with Crippen LogP contribution in [-0.4, -0.2) is 82.9 Å². The van der Waals surface area contributed by atoms with E-state index in [1.807, 2.05) is 0 Å². The first-order valence-corrected chi connectivity index (χ1v) is 12.9. The summed E-state index contributed by atoms with van der Waals surface area (Å²) in [6, 6.07) is 8.47. The number of amides is 1. The van der Waals surface area contributed by atoms with Gasteiger partial charge in [-0.25, -0.2) is 0 Å². The number of aliphatic hydroxyl groups is 1. The molecule has 3 aromatic rings. The minimum atomic E-state index is -2.11. The Morgan fingerprint density at radius 1 is 1.48 bits per heavy atom. The Labute approximate surface area is 199 Å². The van der Waals surface area contributed by atoms with Crippen LogP contribution in [0.1, 0.15) is 16.6 Å². The molecule has 1 aliphatic rings. The van der Waals surface area contributed by atoms with Gasteiger partial charge < -0.3 is 0 Å². The molecule has 11 nitrogen and oxygen atoms in total. The standard InChI is InChI=1S/C17H17N5O6PS.Tl/c23-11-9(6-27-29-30)28-16(12(11)24)22-7-18-10-13(22)19-17(21-15(10)26)20-14(25)8-4-2-1-3-5-8;/h1-5,7,9,11-12,16,24H,6,29H2,(H2,19,20,21,25,26);/q-1;+1/t9-,11?,12+,16-;/m1./s1/i29D;. The number of aromatic amines is 1. The van der Waals surface area contributed by atoms with Crippen molar-refractivity contribution in [1.29, 1.82) is 1.28 Å². The maximum absolute atomic E-state index is 12.5. The predicted octanol–water partition coefficient (Wildman–Crippen LogP) is -0.0968. The van der Waals surface area contributed by atoms with Gasteiger partial charge in [0.1, 0.15) is 0 Å². The second kappa shape index (κ2) is 9.94. The number of carbonyl (C=O) groups is 1. The van der Waals surface area contributed by atoms with E-state index in [1.54, 1.807) is 30.3 Å². The molecular weight excluding hydrogens is 638 g/mol. The van der Waals surface area contributed by atoms with Crippen LogP contribution in [-0.2, 0) is 23.8 Å². The Morgan fingerprint density at radius 3 is 2.97 bits per heavy atom. The molecule has 3 N–H and O–H groups in total. The van der Waals surface area contributed by atoms with E-state index in [0.29, 0.717) is 5.56 Å². The summed E-state index contributed by atoms with van der Waals surface area (Å²) in [6.07, 6.45) is -2.06. The van der Waals surface area contributed by atoms with Gasteiger partial charge in [0.15, 0.2) is 0 Å². The number of imidazole rings is 1. The molecule has 0 spiro atoms. The zero-order valence-electron chi connectivity index (χ0n) is 16.8. The predicted molar refractivity (Wildman–Crippen MR) is 116 cm³/mol. The molecule has 1 fully saturated rings. The molecule has 1 saturated heterocycles. The van der Waals surface area contributed by atoms with Crippen LogP contribution >= 0.6 is 7.53 Å². The summed E-state index contributed by atoms with van der Waals surface area (Å²) < 4.78 is 25.5. The molecule has 2 aromatic heterocycles. The van der Waals surface area contributed by atoms with Crippen LogP contribution in [0, 0.1) is 0 Å². The number of nitrogens with one attached hydrogen (secondary N) is 2. The van der Waals surface area contributed by atoms with Gasteiger partial charge in [-0.1, -0.05) is 18.2 Å². The van der Waals surface area contributed by atoms with Crippen LogP contribution in [0.5, 0.6) is 0 Å². The van der Waals surface area contributed by atoms with E-state index in [1.165, 1.54) is 10.9 Å². The van der Waals surface area contributed by atoms with Gasteiger partial charge in [0, 0.05) is 0 Å². The van der Waals surface area contributed by atoms with Crippen molar-refractivity contribution in [3.8, 4) is 0 Å². The van der Waals surface area contributed by atoms with Crippen molar-refractivity contribution in [1.82, 2.24) is 19.5 Å². The van der Waals surface area contributed by atoms with E-state index in [4.69, 9.17) is 25.0 Å². The quantitative estimate of drug-likeness (QED) is 0.235. The summed E-state index contributed by atoms with van der Waals surface area (Å²) in [7, 11) is -2.11.